The van der Waals surface area contributed by atoms with Gasteiger partial charge in [0, 0.05) is 13.3 Å². The van der Waals surface area contributed by atoms with Gasteiger partial charge in [-0.1, -0.05) is 26.2 Å². The molecule has 0 aliphatic rings. The Bertz CT molecular complexity index is 137. The molecule has 0 aromatic carbocycles. The number of rotatable bonds is 6. The van der Waals surface area contributed by atoms with E-state index in [4.69, 9.17) is 0 Å². The molecule has 0 aliphatic carbocycles. The maximum absolute atomic E-state index is 12.6. The predicted octanol–water partition coefficient (Wildman–Crippen LogP) is 4.25. The van der Waals surface area contributed by atoms with Crippen molar-refractivity contribution in [3.63, 3.8) is 0 Å². The summed E-state index contributed by atoms with van der Waals surface area (Å²) < 4.78 is 49.7. The van der Waals surface area contributed by atoms with E-state index in [0.29, 0.717) is 6.42 Å². The predicted molar refractivity (Wildman–Crippen MR) is 44.3 cm³/mol. The fourth-order valence-electron chi connectivity index (χ4n) is 0.993. The lowest BCUT2D eigenvalue weighted by Crippen LogP contribution is -2.37. The van der Waals surface area contributed by atoms with E-state index in [-0.39, 0.29) is 13.3 Å². The molecule has 0 atom stereocenters. The van der Waals surface area contributed by atoms with Gasteiger partial charge in [0.05, 0.1) is 0 Å². The third-order valence-electron chi connectivity index (χ3n) is 1.99. The molecule has 0 saturated heterocycles. The third-order valence-corrected chi connectivity index (χ3v) is 1.99. The van der Waals surface area contributed by atoms with Crippen molar-refractivity contribution >= 4 is 0 Å². The van der Waals surface area contributed by atoms with Gasteiger partial charge in [-0.05, 0) is 6.42 Å². The van der Waals surface area contributed by atoms with Crippen molar-refractivity contribution in [3.05, 3.63) is 0 Å². The number of hydrogen-bond acceptors (Lipinski definition) is 0. The lowest BCUT2D eigenvalue weighted by molar-refractivity contribution is -0.201. The number of halogens is 4. The van der Waals surface area contributed by atoms with Crippen LogP contribution in [0.15, 0.2) is 0 Å². The highest BCUT2D eigenvalue weighted by Gasteiger charge is 2.51. The molecule has 0 unspecified atom stereocenters. The van der Waals surface area contributed by atoms with E-state index in [0.717, 1.165) is 12.8 Å². The molecule has 0 nitrogen and oxygen atoms in total. The Balaban J connectivity index is 3.77. The summed E-state index contributed by atoms with van der Waals surface area (Å²) in [5, 5.41) is 0. The molecule has 0 amide bonds. The fraction of sp³-hybridized carbons (Fsp3) is 1.00. The van der Waals surface area contributed by atoms with E-state index in [9.17, 15) is 17.6 Å². The van der Waals surface area contributed by atoms with Crippen LogP contribution in [0, 0.1) is 0 Å². The van der Waals surface area contributed by atoms with Gasteiger partial charge in [0.15, 0.2) is 0 Å². The lowest BCUT2D eigenvalue weighted by atomic mass is 10.0. The lowest BCUT2D eigenvalue weighted by Gasteiger charge is -2.22. The Hall–Kier alpha value is -0.280. The third kappa shape index (κ3) is 4.48. The summed E-state index contributed by atoms with van der Waals surface area (Å²) in [4.78, 5) is 0. The smallest absolute Gasteiger partial charge is 0.200 e. The highest BCUT2D eigenvalue weighted by Crippen LogP contribution is 2.37. The molecule has 0 aromatic rings. The van der Waals surface area contributed by atoms with Gasteiger partial charge in [-0.15, -0.1) is 0 Å². The van der Waals surface area contributed by atoms with Gasteiger partial charge < -0.3 is 0 Å². The van der Waals surface area contributed by atoms with Crippen molar-refractivity contribution in [2.75, 3.05) is 0 Å². The Kier molecular flexibility index (Phi) is 4.71. The van der Waals surface area contributed by atoms with Gasteiger partial charge in [0.25, 0.3) is 0 Å². The molecule has 80 valence electrons. The molecular formula is C9H16F4. The molecule has 0 bridgehead atoms. The summed E-state index contributed by atoms with van der Waals surface area (Å²) in [6, 6.07) is 0. The highest BCUT2D eigenvalue weighted by molar-refractivity contribution is 4.79. The van der Waals surface area contributed by atoms with Crippen molar-refractivity contribution in [1.82, 2.24) is 0 Å². The van der Waals surface area contributed by atoms with Crippen molar-refractivity contribution in [2.24, 2.45) is 0 Å². The normalized spacial score (nSPS) is 13.4. The van der Waals surface area contributed by atoms with E-state index >= 15 is 0 Å². The van der Waals surface area contributed by atoms with Gasteiger partial charge >= 0.3 is 11.8 Å². The zero-order valence-electron chi connectivity index (χ0n) is 8.05. The van der Waals surface area contributed by atoms with E-state index in [2.05, 4.69) is 0 Å². The maximum atomic E-state index is 12.6. The minimum Gasteiger partial charge on any atom is -0.200 e. The first-order valence-electron chi connectivity index (χ1n) is 4.57. The fourth-order valence-corrected chi connectivity index (χ4v) is 0.993. The van der Waals surface area contributed by atoms with Crippen LogP contribution in [0.5, 0.6) is 0 Å². The Morgan fingerprint density at radius 2 is 1.46 bits per heavy atom. The van der Waals surface area contributed by atoms with Crippen LogP contribution in [0.1, 0.15) is 46.0 Å². The van der Waals surface area contributed by atoms with Crippen LogP contribution in [0.4, 0.5) is 17.6 Å². The number of alkyl halides is 4. The summed E-state index contributed by atoms with van der Waals surface area (Å²) >= 11 is 0. The van der Waals surface area contributed by atoms with Crippen LogP contribution >= 0.6 is 0 Å². The zero-order valence-corrected chi connectivity index (χ0v) is 8.05. The molecule has 13 heavy (non-hydrogen) atoms. The molecule has 0 aromatic heterocycles. The SMILES string of the molecule is CCCCCCC(F)(F)C(C)(F)F. The second-order valence-electron chi connectivity index (χ2n) is 3.40. The second-order valence-corrected chi connectivity index (χ2v) is 3.40. The van der Waals surface area contributed by atoms with Gasteiger partial charge in [-0.25, -0.2) is 8.78 Å². The standard InChI is InChI=1S/C9H16F4/c1-3-4-5-6-7-9(12,13)8(2,10)11/h3-7H2,1-2H3. The molecule has 0 heterocycles. The molecule has 0 radical (unpaired) electrons. The van der Waals surface area contributed by atoms with Crippen LogP contribution in [0.2, 0.25) is 0 Å². The first-order valence-corrected chi connectivity index (χ1v) is 4.57. The van der Waals surface area contributed by atoms with Crippen LogP contribution < -0.4 is 0 Å². The average molecular weight is 200 g/mol. The first-order chi connectivity index (χ1) is 5.81. The summed E-state index contributed by atoms with van der Waals surface area (Å²) in [6.45, 7) is 2.21. The average Bonchev–Trinajstić information content (AvgIpc) is 1.96. The van der Waals surface area contributed by atoms with Crippen LogP contribution in [-0.4, -0.2) is 11.8 Å². The zero-order chi connectivity index (χ0) is 10.5. The Labute approximate surface area is 76.3 Å². The van der Waals surface area contributed by atoms with Gasteiger partial charge in [-0.2, -0.15) is 8.78 Å². The van der Waals surface area contributed by atoms with Gasteiger partial charge in [-0.3, -0.25) is 0 Å². The monoisotopic (exact) mass is 200 g/mol. The maximum Gasteiger partial charge on any atom is 0.309 e. The molecule has 0 N–H and O–H groups in total. The first kappa shape index (κ1) is 12.7. The molecule has 0 rings (SSSR count). The topological polar surface area (TPSA) is 0 Å². The minimum absolute atomic E-state index is 0.171. The van der Waals surface area contributed by atoms with E-state index in [1.165, 1.54) is 0 Å². The number of unbranched alkanes of at least 4 members (excludes halogenated alkanes) is 3. The van der Waals surface area contributed by atoms with E-state index in [1.54, 1.807) is 0 Å². The van der Waals surface area contributed by atoms with Gasteiger partial charge in [0.2, 0.25) is 0 Å². The Morgan fingerprint density at radius 3 is 1.85 bits per heavy atom. The van der Waals surface area contributed by atoms with Crippen LogP contribution in [0.25, 0.3) is 0 Å². The molecule has 0 saturated carbocycles. The largest absolute Gasteiger partial charge is 0.309 e. The highest BCUT2D eigenvalue weighted by atomic mass is 19.3. The van der Waals surface area contributed by atoms with Crippen LogP contribution in [-0.2, 0) is 0 Å². The van der Waals surface area contributed by atoms with Crippen molar-refractivity contribution in [3.8, 4) is 0 Å². The number of hydrogen-bond donors (Lipinski definition) is 0. The minimum atomic E-state index is -3.89. The molecule has 4 heteroatoms. The quantitative estimate of drug-likeness (QED) is 0.444. The van der Waals surface area contributed by atoms with Crippen molar-refractivity contribution in [2.45, 2.75) is 57.8 Å². The summed E-state index contributed by atoms with van der Waals surface area (Å²) in [5.74, 6) is -7.74. The summed E-state index contributed by atoms with van der Waals surface area (Å²) in [7, 11) is 0. The second kappa shape index (κ2) is 4.82. The van der Waals surface area contributed by atoms with Crippen LogP contribution in [0.3, 0.4) is 0 Å². The Morgan fingerprint density at radius 1 is 0.923 bits per heavy atom. The molecular weight excluding hydrogens is 184 g/mol. The van der Waals surface area contributed by atoms with Gasteiger partial charge in [0.1, 0.15) is 0 Å². The van der Waals surface area contributed by atoms with E-state index in [1.807, 2.05) is 6.92 Å². The molecule has 0 aliphatic heterocycles. The van der Waals surface area contributed by atoms with Crippen molar-refractivity contribution < 1.29 is 17.6 Å². The summed E-state index contributed by atoms with van der Waals surface area (Å²) in [5.41, 5.74) is 0. The summed E-state index contributed by atoms with van der Waals surface area (Å²) in [6.07, 6.45) is 1.79. The van der Waals surface area contributed by atoms with E-state index < -0.39 is 18.3 Å². The molecule has 0 spiro atoms. The molecule has 0 fully saturated rings. The van der Waals surface area contributed by atoms with Crippen molar-refractivity contribution in [1.29, 1.82) is 0 Å².